The van der Waals surface area contributed by atoms with Gasteiger partial charge in [0.1, 0.15) is 0 Å². The van der Waals surface area contributed by atoms with Crippen LogP contribution in [0.5, 0.6) is 0 Å². The highest BCUT2D eigenvalue weighted by molar-refractivity contribution is 8.00. The molecule has 2 aliphatic heterocycles. The van der Waals surface area contributed by atoms with Crippen LogP contribution in [0.25, 0.3) is 211 Å². The topological polar surface area (TPSA) is 13.1 Å². The van der Waals surface area contributed by atoms with Crippen LogP contribution >= 0.6 is 11.8 Å². The molecule has 0 aliphatic carbocycles. The van der Waals surface area contributed by atoms with Crippen LogP contribution in [0.2, 0.25) is 0 Å². The monoisotopic (exact) mass is 1770 g/mol. The largest absolute Gasteiger partial charge is 0.310 e. The molecule has 4 heterocycles. The lowest BCUT2D eigenvalue weighted by atomic mass is 9.34. The fourth-order valence-corrected chi connectivity index (χ4v) is 21.9. The maximum Gasteiger partial charge on any atom is 0.249 e. The molecule has 2 aromatic heterocycles. The van der Waals surface area contributed by atoms with Gasteiger partial charge in [-0.25, -0.2) is 0 Å². The van der Waals surface area contributed by atoms with E-state index in [1.54, 1.807) is 16.3 Å². The van der Waals surface area contributed by atoms with Crippen molar-refractivity contribution in [3.05, 3.63) is 521 Å². The molecule has 638 valence electrons. The summed E-state index contributed by atoms with van der Waals surface area (Å²) in [7, 11) is 0. The molecule has 3 nitrogen and oxygen atoms in total. The molecule has 0 atom stereocenters. The van der Waals surface area contributed by atoms with Gasteiger partial charge in [-0.1, -0.05) is 393 Å². The Kier molecular flexibility index (Phi) is 16.4. The molecule has 137 heavy (non-hydrogen) atoms. The highest BCUT2D eigenvalue weighted by atomic mass is 32.2. The number of nitrogens with zero attached hydrogens (tertiary/aromatic N) is 3. The van der Waals surface area contributed by atoms with E-state index in [9.17, 15) is 17.8 Å². The molecular weight excluding hydrogens is 1670 g/mol. The van der Waals surface area contributed by atoms with Crippen molar-refractivity contribution in [1.82, 2.24) is 9.13 Å². The van der Waals surface area contributed by atoms with Crippen molar-refractivity contribution >= 4 is 95.5 Å². The van der Waals surface area contributed by atoms with Crippen molar-refractivity contribution in [3.63, 3.8) is 0 Å². The van der Waals surface area contributed by atoms with Gasteiger partial charge in [-0.2, -0.15) is 0 Å². The van der Waals surface area contributed by atoms with Gasteiger partial charge in [0.15, 0.2) is 0 Å². The van der Waals surface area contributed by atoms with Crippen LogP contribution in [0.4, 0.5) is 17.1 Å². The van der Waals surface area contributed by atoms with Crippen molar-refractivity contribution < 1.29 is 20.6 Å². The zero-order chi connectivity index (χ0) is 103. The number of rotatable bonds is 17. The predicted octanol–water partition coefficient (Wildman–Crippen LogP) is 34.0. The van der Waals surface area contributed by atoms with Crippen molar-refractivity contribution in [2.75, 3.05) is 4.90 Å². The summed E-state index contributed by atoms with van der Waals surface area (Å²) in [5, 5.41) is -1.13. The summed E-state index contributed by atoms with van der Waals surface area (Å²) >= 11 is 1.75. The number of hydrogen-bond acceptors (Lipinski definition) is 2. The summed E-state index contributed by atoms with van der Waals surface area (Å²) in [6, 6.07) is 142. The van der Waals surface area contributed by atoms with Crippen LogP contribution < -0.4 is 21.3 Å². The lowest BCUT2D eigenvalue weighted by Gasteiger charge is -2.43. The van der Waals surface area contributed by atoms with Crippen LogP contribution in [0.15, 0.2) is 531 Å². The molecule has 2 aliphatic rings. The Hall–Kier alpha value is -17.3. The maximum absolute atomic E-state index is 11.1. The summed E-state index contributed by atoms with van der Waals surface area (Å²) in [4.78, 5) is 4.34. The smallest absolute Gasteiger partial charge is 0.249 e. The Balaban J connectivity index is 0.853. The number of para-hydroxylation sites is 3. The minimum atomic E-state index is -0.745. The van der Waals surface area contributed by atoms with Gasteiger partial charge in [-0.3, -0.25) is 0 Å². The second kappa shape index (κ2) is 34.0. The molecule has 22 aromatic carbocycles. The van der Waals surface area contributed by atoms with E-state index in [-0.39, 0.29) is 38.3 Å². The van der Waals surface area contributed by atoms with Gasteiger partial charge in [0, 0.05) is 65.2 Å². The van der Waals surface area contributed by atoms with Crippen LogP contribution in [-0.4, -0.2) is 15.8 Å². The van der Waals surface area contributed by atoms with E-state index < -0.39 is 114 Å². The van der Waals surface area contributed by atoms with Gasteiger partial charge in [0.2, 0.25) is 6.71 Å². The second-order valence-electron chi connectivity index (χ2n) is 35.0. The number of fused-ring (bicyclic) bond motifs is 10. The van der Waals surface area contributed by atoms with Gasteiger partial charge in [0.25, 0.3) is 0 Å². The molecule has 0 unspecified atom stereocenters. The average Bonchev–Trinajstić information content (AvgIpc) is 1.26. The van der Waals surface area contributed by atoms with Crippen molar-refractivity contribution in [1.29, 1.82) is 0 Å². The average molecular weight is 1770 g/mol. The SMILES string of the molecule is [2H]c1c([2H])c([2H])c2c(c1[2H])c1c([2H])c(-n3c4c([2H])c([2H])c([2H])c([2H])c4c4c([2H])c([2H])c([2H])c([2H])c43)c([2H])c([2H])c1n2-c1ccc2c(c1)N(c1c(-c3cccc(-c4ccccc4)c3)cc(-c3ccccc3)cc1-c1cccc(-c3ccccc3)c1)c1cc(-c3cc(-c4ccccc4)cc(-c4ccccc4)c3)cc3c1B2c1cc(-c2cc(-c4ccccc4)cc(-c4ccccc4)c2)cc(-c2cc(-c4ccccc4)cc(-c4ccccc4)c2)c1S3. The van der Waals surface area contributed by atoms with Crippen molar-refractivity contribution in [2.45, 2.75) is 9.79 Å². The predicted molar refractivity (Wildman–Crippen MR) is 581 cm³/mol. The highest BCUT2D eigenvalue weighted by Crippen LogP contribution is 2.55. The number of aromatic nitrogens is 2. The molecule has 26 rings (SSSR count). The van der Waals surface area contributed by atoms with Crippen molar-refractivity contribution in [2.24, 2.45) is 0 Å². The Labute approximate surface area is 823 Å². The minimum absolute atomic E-state index is 0.173. The third-order valence-electron chi connectivity index (χ3n) is 26.9. The third kappa shape index (κ3) is 14.5. The normalized spacial score (nSPS) is 13.6. The van der Waals surface area contributed by atoms with E-state index in [1.165, 1.54) is 0 Å². The molecule has 24 aromatic rings. The van der Waals surface area contributed by atoms with E-state index in [0.717, 1.165) is 198 Å². The van der Waals surface area contributed by atoms with Gasteiger partial charge < -0.3 is 14.0 Å². The molecule has 0 bridgehead atoms. The zero-order valence-corrected chi connectivity index (χ0v) is 74.6. The zero-order valence-electron chi connectivity index (χ0n) is 88.8. The van der Waals surface area contributed by atoms with Crippen molar-refractivity contribution in [3.8, 4) is 167 Å². The molecule has 0 N–H and O–H groups in total. The maximum atomic E-state index is 11.1. The molecular formula is C132H86BN3S. The van der Waals surface area contributed by atoms with Crippen LogP contribution in [0, 0.1) is 0 Å². The first-order valence-electron chi connectivity index (χ1n) is 53.5. The first-order chi connectivity index (χ1) is 74.1. The molecule has 0 spiro atoms. The summed E-state index contributed by atoms with van der Waals surface area (Å²) in [6.07, 6.45) is 0. The lowest BCUT2D eigenvalue weighted by Crippen LogP contribution is -2.60. The number of benzene rings is 22. The van der Waals surface area contributed by atoms with Crippen LogP contribution in [0.3, 0.4) is 0 Å². The Morgan fingerprint density at radius 3 is 0.920 bits per heavy atom. The van der Waals surface area contributed by atoms with Gasteiger partial charge in [-0.15, -0.1) is 0 Å². The Morgan fingerprint density at radius 1 is 0.204 bits per heavy atom. The number of anilines is 3. The summed E-state index contributed by atoms with van der Waals surface area (Å²) < 4.78 is 151. The highest BCUT2D eigenvalue weighted by Gasteiger charge is 2.44. The minimum Gasteiger partial charge on any atom is -0.310 e. The third-order valence-corrected chi connectivity index (χ3v) is 28.2. The van der Waals surface area contributed by atoms with Crippen LogP contribution in [-0.2, 0) is 0 Å². The first-order valence-corrected chi connectivity index (χ1v) is 46.8. The molecule has 5 heteroatoms. The molecule has 0 amide bonds. The fourth-order valence-electron chi connectivity index (χ4n) is 20.5. The molecule has 0 saturated carbocycles. The Bertz CT molecular complexity index is 9460. The lowest BCUT2D eigenvalue weighted by molar-refractivity contribution is 1.16. The molecule has 0 fully saturated rings. The van der Waals surface area contributed by atoms with E-state index in [2.05, 4.69) is 369 Å². The van der Waals surface area contributed by atoms with E-state index in [0.29, 0.717) is 5.69 Å². The summed E-state index contributed by atoms with van der Waals surface area (Å²) in [5.41, 5.74) is 30.1. The molecule has 0 radical (unpaired) electrons. The Morgan fingerprint density at radius 2 is 0.511 bits per heavy atom. The van der Waals surface area contributed by atoms with E-state index in [4.69, 9.17) is 2.74 Å². The summed E-state index contributed by atoms with van der Waals surface area (Å²) in [6.45, 7) is -0.728. The first kappa shape index (κ1) is 66.1. The molecule has 0 saturated heterocycles. The summed E-state index contributed by atoms with van der Waals surface area (Å²) in [5.74, 6) is 0. The fraction of sp³-hybridized carbons (Fsp3) is 0. The quantitative estimate of drug-likeness (QED) is 0.0843. The van der Waals surface area contributed by atoms with Gasteiger partial charge in [-0.05, 0) is 301 Å². The number of hydrogen-bond donors (Lipinski definition) is 0. The van der Waals surface area contributed by atoms with E-state index >= 15 is 0 Å². The van der Waals surface area contributed by atoms with Crippen LogP contribution in [0.1, 0.15) is 20.6 Å². The second-order valence-corrected chi connectivity index (χ2v) is 36.1. The van der Waals surface area contributed by atoms with Gasteiger partial charge >= 0.3 is 0 Å². The van der Waals surface area contributed by atoms with E-state index in [1.807, 2.05) is 66.7 Å². The van der Waals surface area contributed by atoms with Gasteiger partial charge in [0.05, 0.1) is 48.3 Å². The standard InChI is InChI=1S/C132H86BN3S/c1-10-36-87(37-11-1)96-54-34-56-98(68-96)117-79-108(95-52-26-9-27-53-95)80-118(99-57-35-55-97(69-99)88-38-12-2-13-39-88)131(117)136-127-86-113(135-125-63-33-30-60-116(125)120-85-112(65-67-126(120)135)134-123-61-31-28-58-114(123)115-59-29-32-62-124(115)134)64-66-121(127)133-122-82-109(106-73-100(89-40-14-3-15-41-89)70-101(74-106)90-42-16-4-17-43-90)81-119(111-77-104(93-48-22-7-23-49-93)72-105(78-111)94-50-24-8-25-51-94)132(122)137-129-84-110(83-128(136)130(129)133)107-75-102(91-44-18-5-19-45-91)71-103(76-107)92-46-20-6-21-47-92/h1-86H/i28D,29D,30D,31D,32D,33D,58D,59D,60D,61D,62D,63D,65D,67D,85D.